The van der Waals surface area contributed by atoms with E-state index in [0.29, 0.717) is 0 Å². The van der Waals surface area contributed by atoms with Crippen LogP contribution in [0.3, 0.4) is 0 Å². The van der Waals surface area contributed by atoms with Crippen LogP contribution in [0.25, 0.3) is 0 Å². The van der Waals surface area contributed by atoms with Gasteiger partial charge in [-0.25, -0.2) is 0 Å². The Morgan fingerprint density at radius 2 is 2.00 bits per heavy atom. The Bertz CT molecular complexity index is 362. The van der Waals surface area contributed by atoms with Crippen molar-refractivity contribution in [2.24, 2.45) is 0 Å². The third-order valence-corrected chi connectivity index (χ3v) is 2.75. The molecular formula is C14H17N. The van der Waals surface area contributed by atoms with E-state index in [9.17, 15) is 0 Å². The predicted molar refractivity (Wildman–Crippen MR) is 65.9 cm³/mol. The van der Waals surface area contributed by atoms with Gasteiger partial charge in [-0.3, -0.25) is 0 Å². The number of rotatable bonds is 3. The minimum Gasteiger partial charge on any atom is -0.351 e. The van der Waals surface area contributed by atoms with Gasteiger partial charge in [-0.1, -0.05) is 29.8 Å². The van der Waals surface area contributed by atoms with Crippen molar-refractivity contribution in [3.63, 3.8) is 0 Å². The number of hydrogen-bond acceptors (Lipinski definition) is 1. The van der Waals surface area contributed by atoms with Crippen LogP contribution >= 0.6 is 0 Å². The summed E-state index contributed by atoms with van der Waals surface area (Å²) >= 11 is 0. The zero-order valence-electron chi connectivity index (χ0n) is 9.19. The Morgan fingerprint density at radius 3 is 2.67 bits per heavy atom. The molecule has 0 unspecified atom stereocenters. The average molecular weight is 199 g/mol. The van der Waals surface area contributed by atoms with Gasteiger partial charge in [0.05, 0.1) is 0 Å². The van der Waals surface area contributed by atoms with Gasteiger partial charge in [-0.15, -0.1) is 0 Å². The molecule has 78 valence electrons. The minimum atomic E-state index is 1.23. The van der Waals surface area contributed by atoms with Gasteiger partial charge < -0.3 is 4.90 Å². The lowest BCUT2D eigenvalue weighted by Crippen LogP contribution is -2.07. The molecule has 2 rings (SSSR count). The summed E-state index contributed by atoms with van der Waals surface area (Å²) in [6.07, 6.45) is 10.5. The van der Waals surface area contributed by atoms with Gasteiger partial charge in [0.25, 0.3) is 0 Å². The van der Waals surface area contributed by atoms with E-state index < -0.39 is 0 Å². The maximum atomic E-state index is 2.33. The highest BCUT2D eigenvalue weighted by molar-refractivity contribution is 5.48. The van der Waals surface area contributed by atoms with Crippen LogP contribution in [0.15, 0.2) is 54.3 Å². The van der Waals surface area contributed by atoms with E-state index in [0.717, 1.165) is 0 Å². The molecule has 1 heteroatoms. The molecule has 1 aromatic rings. The van der Waals surface area contributed by atoms with Crippen LogP contribution in [0.5, 0.6) is 0 Å². The van der Waals surface area contributed by atoms with Crippen molar-refractivity contribution in [2.45, 2.75) is 19.3 Å². The van der Waals surface area contributed by atoms with Crippen molar-refractivity contribution in [3.8, 4) is 0 Å². The second kappa shape index (κ2) is 4.83. The molecular weight excluding hydrogens is 182 g/mol. The van der Waals surface area contributed by atoms with Crippen molar-refractivity contribution >= 4 is 5.69 Å². The Balaban J connectivity index is 2.00. The highest BCUT2D eigenvalue weighted by Crippen LogP contribution is 2.19. The molecule has 0 fully saturated rings. The van der Waals surface area contributed by atoms with Crippen molar-refractivity contribution in [1.29, 1.82) is 0 Å². The Morgan fingerprint density at radius 1 is 1.20 bits per heavy atom. The molecule has 0 bridgehead atoms. The van der Waals surface area contributed by atoms with E-state index >= 15 is 0 Å². The Kier molecular flexibility index (Phi) is 3.23. The molecule has 0 spiro atoms. The summed E-state index contributed by atoms with van der Waals surface area (Å²) in [6, 6.07) is 10.4. The van der Waals surface area contributed by atoms with Gasteiger partial charge in [0.15, 0.2) is 0 Å². The van der Waals surface area contributed by atoms with Gasteiger partial charge in [0.1, 0.15) is 0 Å². The minimum absolute atomic E-state index is 1.23. The fraction of sp³-hybridized carbons (Fsp3) is 0.286. The molecule has 0 N–H and O–H groups in total. The number of allylic oxidation sites excluding steroid dienone is 3. The van der Waals surface area contributed by atoms with E-state index in [1.54, 1.807) is 0 Å². The van der Waals surface area contributed by atoms with Gasteiger partial charge in [-0.05, 0) is 37.5 Å². The van der Waals surface area contributed by atoms with E-state index in [1.807, 2.05) is 6.07 Å². The van der Waals surface area contributed by atoms with Crippen molar-refractivity contribution in [1.82, 2.24) is 0 Å². The fourth-order valence-electron chi connectivity index (χ4n) is 1.80. The second-order valence-electron chi connectivity index (χ2n) is 3.93. The van der Waals surface area contributed by atoms with Crippen LogP contribution < -0.4 is 4.90 Å². The van der Waals surface area contributed by atoms with Crippen LogP contribution in [0.1, 0.15) is 19.3 Å². The second-order valence-corrected chi connectivity index (χ2v) is 3.93. The van der Waals surface area contributed by atoms with Gasteiger partial charge >= 0.3 is 0 Å². The van der Waals surface area contributed by atoms with Crippen molar-refractivity contribution < 1.29 is 0 Å². The van der Waals surface area contributed by atoms with Crippen molar-refractivity contribution in [3.05, 3.63) is 54.3 Å². The van der Waals surface area contributed by atoms with Crippen LogP contribution in [0.2, 0.25) is 0 Å². The average Bonchev–Trinajstić information content (AvgIpc) is 2.80. The fourth-order valence-corrected chi connectivity index (χ4v) is 1.80. The first-order valence-electron chi connectivity index (χ1n) is 5.51. The summed E-state index contributed by atoms with van der Waals surface area (Å²) in [5, 5.41) is 0. The summed E-state index contributed by atoms with van der Waals surface area (Å²) in [4.78, 5) is 2.15. The molecule has 1 aliphatic carbocycles. The summed E-state index contributed by atoms with van der Waals surface area (Å²) in [6.45, 7) is 0. The number of benzene rings is 1. The molecule has 1 aliphatic rings. The third-order valence-electron chi connectivity index (χ3n) is 2.75. The van der Waals surface area contributed by atoms with E-state index in [1.165, 1.54) is 30.5 Å². The van der Waals surface area contributed by atoms with E-state index in [4.69, 9.17) is 0 Å². The number of nitrogens with zero attached hydrogens (tertiary/aromatic N) is 1. The molecule has 0 amide bonds. The van der Waals surface area contributed by atoms with Crippen LogP contribution in [0.4, 0.5) is 5.69 Å². The lowest BCUT2D eigenvalue weighted by molar-refractivity contribution is 0.915. The topological polar surface area (TPSA) is 3.24 Å². The molecule has 0 saturated carbocycles. The van der Waals surface area contributed by atoms with Crippen LogP contribution in [-0.4, -0.2) is 7.05 Å². The first-order chi connectivity index (χ1) is 7.36. The predicted octanol–water partition coefficient (Wildman–Crippen LogP) is 3.75. The standard InChI is InChI=1S/C14H17N/c1-15(14-9-3-2-4-10-14)12-11-13-7-5-6-8-13/h2-4,7,9-12H,5-6,8H2,1H3/b12-11+. The van der Waals surface area contributed by atoms with Gasteiger partial charge in [0, 0.05) is 18.9 Å². The lowest BCUT2D eigenvalue weighted by Gasteiger charge is -2.13. The first-order valence-corrected chi connectivity index (χ1v) is 5.51. The number of hydrogen-bond donors (Lipinski definition) is 0. The number of para-hydroxylation sites is 1. The van der Waals surface area contributed by atoms with Crippen LogP contribution in [-0.2, 0) is 0 Å². The largest absolute Gasteiger partial charge is 0.351 e. The summed E-state index contributed by atoms with van der Waals surface area (Å²) in [5.74, 6) is 0. The molecule has 0 saturated heterocycles. The Labute approximate surface area is 91.7 Å². The van der Waals surface area contributed by atoms with Crippen LogP contribution in [0, 0.1) is 0 Å². The maximum Gasteiger partial charge on any atom is 0.0403 e. The SMILES string of the molecule is CN(/C=C/C1=CCCC1)c1ccccc1. The monoisotopic (exact) mass is 199 g/mol. The molecule has 0 heterocycles. The molecule has 1 nitrogen and oxygen atoms in total. The zero-order chi connectivity index (χ0) is 10.5. The number of anilines is 1. The molecule has 0 atom stereocenters. The summed E-state index contributed by atoms with van der Waals surface area (Å²) in [5.41, 5.74) is 2.70. The molecule has 0 aromatic heterocycles. The quantitative estimate of drug-likeness (QED) is 0.716. The van der Waals surface area contributed by atoms with Crippen molar-refractivity contribution in [2.75, 3.05) is 11.9 Å². The highest BCUT2D eigenvalue weighted by atomic mass is 15.1. The Hall–Kier alpha value is -1.50. The molecule has 15 heavy (non-hydrogen) atoms. The first kappa shape index (κ1) is 10.0. The lowest BCUT2D eigenvalue weighted by atomic mass is 10.2. The summed E-state index contributed by atoms with van der Waals surface area (Å²) in [7, 11) is 2.08. The normalized spacial score (nSPS) is 15.7. The van der Waals surface area contributed by atoms with Gasteiger partial charge in [0.2, 0.25) is 0 Å². The highest BCUT2D eigenvalue weighted by Gasteiger charge is 2.00. The summed E-state index contributed by atoms with van der Waals surface area (Å²) < 4.78 is 0. The third kappa shape index (κ3) is 2.72. The molecule has 1 aromatic carbocycles. The molecule has 0 aliphatic heterocycles. The van der Waals surface area contributed by atoms with E-state index in [2.05, 4.69) is 54.6 Å². The van der Waals surface area contributed by atoms with Gasteiger partial charge in [-0.2, -0.15) is 0 Å². The maximum absolute atomic E-state index is 2.33. The smallest absolute Gasteiger partial charge is 0.0403 e. The van der Waals surface area contributed by atoms with E-state index in [-0.39, 0.29) is 0 Å². The molecule has 0 radical (unpaired) electrons. The zero-order valence-corrected chi connectivity index (χ0v) is 9.19.